The maximum Gasteiger partial charge on any atom is 0.261 e. The summed E-state index contributed by atoms with van der Waals surface area (Å²) in [5.41, 5.74) is 2.34. The number of hydrogen-bond donors (Lipinski definition) is 1. The zero-order valence-electron chi connectivity index (χ0n) is 12.0. The highest BCUT2D eigenvalue weighted by Crippen LogP contribution is 2.22. The minimum Gasteiger partial charge on any atom is -0.390 e. The van der Waals surface area contributed by atoms with Gasteiger partial charge in [0, 0.05) is 6.42 Å². The number of nitrogens with one attached hydrogen (secondary N) is 1. The van der Waals surface area contributed by atoms with Gasteiger partial charge in [0.25, 0.3) is 5.91 Å². The lowest BCUT2D eigenvalue weighted by Gasteiger charge is -2.09. The molecule has 0 aliphatic carbocycles. The van der Waals surface area contributed by atoms with Gasteiger partial charge in [-0.15, -0.1) is 11.3 Å². The van der Waals surface area contributed by atoms with Crippen molar-refractivity contribution in [3.63, 3.8) is 0 Å². The molecule has 0 radical (unpaired) electrons. The van der Waals surface area contributed by atoms with Crippen LogP contribution in [0.3, 0.4) is 0 Å². The molecule has 1 aromatic heterocycles. The predicted octanol–water partition coefficient (Wildman–Crippen LogP) is 3.88. The topological polar surface area (TPSA) is 55.0 Å². The number of halogens is 1. The van der Waals surface area contributed by atoms with Crippen LogP contribution in [0.15, 0.2) is 41.6 Å². The molecular weight excluding hydrogens is 334 g/mol. The number of carbonyl (C=O) groups is 1. The van der Waals surface area contributed by atoms with E-state index in [0.717, 1.165) is 11.3 Å². The summed E-state index contributed by atoms with van der Waals surface area (Å²) in [6, 6.07) is 10.6. The van der Waals surface area contributed by atoms with E-state index in [1.54, 1.807) is 24.3 Å². The highest BCUT2D eigenvalue weighted by atomic mass is 35.5. The van der Waals surface area contributed by atoms with E-state index < -0.39 is 0 Å². The molecule has 1 N–H and O–H groups in total. The fraction of sp³-hybridized carbons (Fsp3) is 0.188. The summed E-state index contributed by atoms with van der Waals surface area (Å²) in [4.78, 5) is 21.2. The summed E-state index contributed by atoms with van der Waals surface area (Å²) in [5, 5.41) is 6.89. The second-order valence-electron chi connectivity index (χ2n) is 4.94. The second kappa shape index (κ2) is 6.82. The van der Waals surface area contributed by atoms with E-state index in [4.69, 9.17) is 23.0 Å². The van der Waals surface area contributed by atoms with E-state index >= 15 is 0 Å². The molecule has 1 atom stereocenters. The third-order valence-electron chi connectivity index (χ3n) is 3.35. The lowest BCUT2D eigenvalue weighted by atomic mass is 10.0. The number of rotatable bonds is 4. The fourth-order valence-corrected chi connectivity index (χ4v) is 3.13. The minimum absolute atomic E-state index is 0.166. The van der Waals surface area contributed by atoms with Crippen molar-refractivity contribution in [2.75, 3.05) is 6.54 Å². The number of oxime groups is 1. The largest absolute Gasteiger partial charge is 0.390 e. The maximum atomic E-state index is 12.0. The molecule has 7 heteroatoms. The number of thiophene rings is 1. The zero-order valence-corrected chi connectivity index (χ0v) is 13.5. The Bertz CT molecular complexity index is 792. The number of carbonyl (C=O) groups excluding carboxylic acids is 1. The molecule has 116 valence electrons. The van der Waals surface area contributed by atoms with E-state index in [9.17, 15) is 4.79 Å². The number of hydrogen-bond acceptors (Lipinski definition) is 4. The molecule has 0 fully saturated rings. The fourth-order valence-electron chi connectivity index (χ4n) is 2.17. The first-order valence-electron chi connectivity index (χ1n) is 6.90. The molecule has 1 aliphatic heterocycles. The lowest BCUT2D eigenvalue weighted by Crippen LogP contribution is -2.31. The maximum absolute atomic E-state index is 12.0. The summed E-state index contributed by atoms with van der Waals surface area (Å²) >= 11 is 7.06. The van der Waals surface area contributed by atoms with Crippen molar-refractivity contribution in [3.8, 4) is 0 Å². The molecule has 5 nitrogen and oxygen atoms in total. The molecule has 0 spiro atoms. The number of nitrogens with zero attached hydrogens (tertiary/aromatic N) is 2. The van der Waals surface area contributed by atoms with E-state index in [2.05, 4.69) is 15.3 Å². The van der Waals surface area contributed by atoms with Gasteiger partial charge in [0.15, 0.2) is 5.69 Å². The highest BCUT2D eigenvalue weighted by Gasteiger charge is 2.23. The molecule has 3 rings (SSSR count). The van der Waals surface area contributed by atoms with E-state index in [0.29, 0.717) is 27.9 Å². The Labute approximate surface area is 142 Å². The van der Waals surface area contributed by atoms with Gasteiger partial charge in [0.1, 0.15) is 6.10 Å². The number of benzene rings is 1. The van der Waals surface area contributed by atoms with Crippen LogP contribution in [0.1, 0.15) is 21.7 Å². The molecule has 0 saturated carbocycles. The van der Waals surface area contributed by atoms with Crippen molar-refractivity contribution in [1.29, 1.82) is 0 Å². The smallest absolute Gasteiger partial charge is 0.261 e. The van der Waals surface area contributed by atoms with Crippen molar-refractivity contribution in [2.45, 2.75) is 12.5 Å². The Balaban J connectivity index is 1.53. The Morgan fingerprint density at radius 2 is 2.17 bits per heavy atom. The molecule has 1 unspecified atom stereocenters. The molecule has 2 aromatic rings. The Hall–Kier alpha value is -2.36. The molecule has 23 heavy (non-hydrogen) atoms. The Morgan fingerprint density at radius 1 is 1.39 bits per heavy atom. The Kier molecular flexibility index (Phi) is 4.60. The zero-order chi connectivity index (χ0) is 16.2. The van der Waals surface area contributed by atoms with Crippen molar-refractivity contribution < 1.29 is 9.63 Å². The SMILES string of the molecule is [C-]#[N+]c1ccc(C2=NOC(CNC(=O)c3ccc(Cl)s3)C2)cc1. The minimum atomic E-state index is -0.190. The molecule has 1 amide bonds. The van der Waals surface area contributed by atoms with E-state index in [-0.39, 0.29) is 12.0 Å². The molecule has 2 heterocycles. The third-order valence-corrected chi connectivity index (χ3v) is 4.58. The molecule has 1 aromatic carbocycles. The van der Waals surface area contributed by atoms with Gasteiger partial charge in [-0.1, -0.05) is 41.0 Å². The summed E-state index contributed by atoms with van der Waals surface area (Å²) < 4.78 is 0.584. The van der Waals surface area contributed by atoms with Crippen LogP contribution in [0.2, 0.25) is 4.34 Å². The van der Waals surface area contributed by atoms with Crippen LogP contribution in [0, 0.1) is 6.57 Å². The van der Waals surface area contributed by atoms with Crippen LogP contribution in [0.4, 0.5) is 5.69 Å². The van der Waals surface area contributed by atoms with Crippen LogP contribution in [0.25, 0.3) is 4.85 Å². The first-order chi connectivity index (χ1) is 11.2. The average molecular weight is 346 g/mol. The van der Waals surface area contributed by atoms with Gasteiger partial charge >= 0.3 is 0 Å². The summed E-state index contributed by atoms with van der Waals surface area (Å²) in [6.07, 6.45) is 0.424. The van der Waals surface area contributed by atoms with Gasteiger partial charge in [-0.3, -0.25) is 4.79 Å². The van der Waals surface area contributed by atoms with Crippen LogP contribution < -0.4 is 5.32 Å². The van der Waals surface area contributed by atoms with Crippen molar-refractivity contribution in [1.82, 2.24) is 5.32 Å². The first-order valence-corrected chi connectivity index (χ1v) is 8.09. The van der Waals surface area contributed by atoms with Gasteiger partial charge in [0.2, 0.25) is 0 Å². The van der Waals surface area contributed by atoms with Crippen LogP contribution in [-0.2, 0) is 4.84 Å². The van der Waals surface area contributed by atoms with Crippen LogP contribution in [0.5, 0.6) is 0 Å². The molecular formula is C16H12ClN3O2S. The van der Waals surface area contributed by atoms with E-state index in [1.807, 2.05) is 12.1 Å². The molecule has 1 aliphatic rings. The van der Waals surface area contributed by atoms with Crippen LogP contribution >= 0.6 is 22.9 Å². The van der Waals surface area contributed by atoms with Gasteiger partial charge in [-0.25, -0.2) is 4.85 Å². The van der Waals surface area contributed by atoms with Gasteiger partial charge in [-0.2, -0.15) is 0 Å². The average Bonchev–Trinajstić information content (AvgIpc) is 3.22. The predicted molar refractivity (Wildman–Crippen MR) is 90.4 cm³/mol. The van der Waals surface area contributed by atoms with Crippen molar-refractivity contribution >= 4 is 40.2 Å². The monoisotopic (exact) mass is 345 g/mol. The first kappa shape index (κ1) is 15.5. The normalized spacial score (nSPS) is 16.3. The summed E-state index contributed by atoms with van der Waals surface area (Å²) in [5.74, 6) is -0.166. The molecule has 0 saturated heterocycles. The quantitative estimate of drug-likeness (QED) is 0.855. The highest BCUT2D eigenvalue weighted by molar-refractivity contribution is 7.17. The van der Waals surface area contributed by atoms with Gasteiger partial charge in [0.05, 0.1) is 28.0 Å². The summed E-state index contributed by atoms with van der Waals surface area (Å²) in [7, 11) is 0. The van der Waals surface area contributed by atoms with Gasteiger partial charge < -0.3 is 10.2 Å². The van der Waals surface area contributed by atoms with Crippen molar-refractivity contribution in [2.24, 2.45) is 5.16 Å². The standard InChI is InChI=1S/C16H12ClN3O2S/c1-18-11-4-2-10(3-5-11)13-8-12(22-20-13)9-19-16(21)14-6-7-15(17)23-14/h2-7,12H,8-9H2,(H,19,21). The van der Waals surface area contributed by atoms with Crippen LogP contribution in [-0.4, -0.2) is 24.3 Å². The van der Waals surface area contributed by atoms with Crippen molar-refractivity contribution in [3.05, 3.63) is 62.6 Å². The lowest BCUT2D eigenvalue weighted by molar-refractivity contribution is 0.0755. The summed E-state index contributed by atoms with van der Waals surface area (Å²) in [6.45, 7) is 7.32. The second-order valence-corrected chi connectivity index (χ2v) is 6.66. The third kappa shape index (κ3) is 3.70. The Morgan fingerprint density at radius 3 is 2.83 bits per heavy atom. The number of amides is 1. The molecule has 0 bridgehead atoms. The van der Waals surface area contributed by atoms with E-state index in [1.165, 1.54) is 11.3 Å². The van der Waals surface area contributed by atoms with Gasteiger partial charge in [-0.05, 0) is 17.7 Å².